The number of benzene rings is 8. The molecule has 47 heavy (non-hydrogen) atoms. The van der Waals surface area contributed by atoms with E-state index in [0.29, 0.717) is 0 Å². The van der Waals surface area contributed by atoms with Gasteiger partial charge >= 0.3 is 0 Å². The average molecular weight is 602 g/mol. The van der Waals surface area contributed by atoms with Crippen molar-refractivity contribution in [2.45, 2.75) is 0 Å². The van der Waals surface area contributed by atoms with E-state index in [2.05, 4.69) is 144 Å². The number of anilines is 3. The van der Waals surface area contributed by atoms with E-state index in [1.54, 1.807) is 0 Å². The Morgan fingerprint density at radius 2 is 0.936 bits per heavy atom. The summed E-state index contributed by atoms with van der Waals surface area (Å²) in [5.74, 6) is 0. The van der Waals surface area contributed by atoms with Crippen LogP contribution in [0.25, 0.3) is 76.5 Å². The topological polar surface area (TPSA) is 29.5 Å². The maximum Gasteiger partial charge on any atom is 0.137 e. The van der Waals surface area contributed by atoms with Gasteiger partial charge in [-0.3, -0.25) is 0 Å². The summed E-state index contributed by atoms with van der Waals surface area (Å²) in [5.41, 5.74) is 9.02. The zero-order valence-corrected chi connectivity index (χ0v) is 25.4. The molecule has 0 aliphatic rings. The van der Waals surface area contributed by atoms with Crippen molar-refractivity contribution in [2.75, 3.05) is 4.90 Å². The van der Waals surface area contributed by atoms with Gasteiger partial charge in [-0.2, -0.15) is 0 Å². The van der Waals surface area contributed by atoms with Crippen molar-refractivity contribution in [3.8, 4) is 11.1 Å². The molecule has 0 fully saturated rings. The van der Waals surface area contributed by atoms with Crippen LogP contribution in [0.4, 0.5) is 17.1 Å². The maximum absolute atomic E-state index is 6.42. The zero-order chi connectivity index (χ0) is 30.9. The van der Waals surface area contributed by atoms with Gasteiger partial charge < -0.3 is 13.7 Å². The van der Waals surface area contributed by atoms with Crippen LogP contribution in [0, 0.1) is 0 Å². The summed E-state index contributed by atoms with van der Waals surface area (Å²) in [6.07, 6.45) is 0. The summed E-state index contributed by atoms with van der Waals surface area (Å²) in [7, 11) is 0. The van der Waals surface area contributed by atoms with Gasteiger partial charge in [-0.15, -0.1) is 0 Å². The number of hydrogen-bond donors (Lipinski definition) is 0. The molecule has 8 aromatic carbocycles. The van der Waals surface area contributed by atoms with E-state index in [1.807, 2.05) is 24.3 Å². The summed E-state index contributed by atoms with van der Waals surface area (Å²) in [5, 5.41) is 9.25. The lowest BCUT2D eigenvalue weighted by molar-refractivity contribution is 0.668. The molecule has 10 rings (SSSR count). The van der Waals surface area contributed by atoms with E-state index < -0.39 is 0 Å². The van der Waals surface area contributed by atoms with Gasteiger partial charge in [0.05, 0.1) is 0 Å². The zero-order valence-electron chi connectivity index (χ0n) is 25.4. The lowest BCUT2D eigenvalue weighted by atomic mass is 9.94. The van der Waals surface area contributed by atoms with Crippen LogP contribution in [0.3, 0.4) is 0 Å². The quantitative estimate of drug-likeness (QED) is 0.201. The van der Waals surface area contributed by atoms with Crippen LogP contribution in [0.2, 0.25) is 0 Å². The Hall–Kier alpha value is -6.32. The highest BCUT2D eigenvalue weighted by atomic mass is 16.3. The fraction of sp³-hybridized carbons (Fsp3) is 0. The van der Waals surface area contributed by atoms with E-state index in [-0.39, 0.29) is 0 Å². The molecular weight excluding hydrogens is 574 g/mol. The van der Waals surface area contributed by atoms with Gasteiger partial charge in [-0.05, 0) is 87.3 Å². The van der Waals surface area contributed by atoms with Gasteiger partial charge in [0.2, 0.25) is 0 Å². The van der Waals surface area contributed by atoms with Gasteiger partial charge in [0.25, 0.3) is 0 Å². The summed E-state index contributed by atoms with van der Waals surface area (Å²) in [6.45, 7) is 0. The largest absolute Gasteiger partial charge is 0.456 e. The smallest absolute Gasteiger partial charge is 0.137 e. The first-order valence-corrected chi connectivity index (χ1v) is 15.9. The van der Waals surface area contributed by atoms with E-state index in [4.69, 9.17) is 8.83 Å². The third-order valence-corrected chi connectivity index (χ3v) is 9.42. The number of fused-ring (bicyclic) bond motifs is 9. The van der Waals surface area contributed by atoms with Gasteiger partial charge in [-0.1, -0.05) is 103 Å². The van der Waals surface area contributed by atoms with Crippen LogP contribution >= 0.6 is 0 Å². The van der Waals surface area contributed by atoms with Crippen LogP contribution in [0.15, 0.2) is 173 Å². The summed E-state index contributed by atoms with van der Waals surface area (Å²) < 4.78 is 12.8. The minimum atomic E-state index is 0.867. The van der Waals surface area contributed by atoms with Crippen LogP contribution in [-0.4, -0.2) is 0 Å². The van der Waals surface area contributed by atoms with Crippen molar-refractivity contribution in [3.05, 3.63) is 164 Å². The van der Waals surface area contributed by atoms with Gasteiger partial charge in [0, 0.05) is 44.7 Å². The second-order valence-electron chi connectivity index (χ2n) is 12.1. The van der Waals surface area contributed by atoms with Crippen molar-refractivity contribution in [1.29, 1.82) is 0 Å². The molecule has 0 atom stereocenters. The molecule has 0 amide bonds. The Balaban J connectivity index is 1.26. The molecular formula is C44H27NO2. The van der Waals surface area contributed by atoms with Gasteiger partial charge in [0.1, 0.15) is 22.3 Å². The summed E-state index contributed by atoms with van der Waals surface area (Å²) in [4.78, 5) is 2.34. The minimum absolute atomic E-state index is 0.867. The number of para-hydroxylation sites is 2. The predicted octanol–water partition coefficient (Wildman–Crippen LogP) is 12.9. The Kier molecular flexibility index (Phi) is 5.57. The molecule has 10 aromatic rings. The molecule has 0 radical (unpaired) electrons. The molecule has 3 heteroatoms. The number of nitrogens with zero attached hydrogens (tertiary/aromatic N) is 1. The van der Waals surface area contributed by atoms with Crippen LogP contribution < -0.4 is 4.90 Å². The molecule has 0 spiro atoms. The van der Waals surface area contributed by atoms with E-state index in [0.717, 1.165) is 72.1 Å². The molecule has 0 aliphatic carbocycles. The molecule has 0 saturated carbocycles. The van der Waals surface area contributed by atoms with Crippen molar-refractivity contribution in [2.24, 2.45) is 0 Å². The molecule has 0 N–H and O–H groups in total. The summed E-state index contributed by atoms with van der Waals surface area (Å²) in [6, 6.07) is 57.9. The van der Waals surface area contributed by atoms with Crippen LogP contribution in [-0.2, 0) is 0 Å². The van der Waals surface area contributed by atoms with E-state index in [9.17, 15) is 0 Å². The lowest BCUT2D eigenvalue weighted by Gasteiger charge is -2.26. The fourth-order valence-electron chi connectivity index (χ4n) is 7.24. The number of hydrogen-bond acceptors (Lipinski definition) is 3. The summed E-state index contributed by atoms with van der Waals surface area (Å²) >= 11 is 0. The second kappa shape index (κ2) is 10.1. The van der Waals surface area contributed by atoms with Crippen molar-refractivity contribution in [3.63, 3.8) is 0 Å². The molecule has 0 unspecified atom stereocenters. The minimum Gasteiger partial charge on any atom is -0.456 e. The van der Waals surface area contributed by atoms with Crippen LogP contribution in [0.1, 0.15) is 0 Å². The van der Waals surface area contributed by atoms with Crippen molar-refractivity contribution < 1.29 is 8.83 Å². The molecule has 0 aliphatic heterocycles. The first-order valence-electron chi connectivity index (χ1n) is 15.9. The first-order chi connectivity index (χ1) is 23.3. The SMILES string of the molecule is c1ccc(-c2cc3oc4ccccc4c3c3ccc(N(c4ccc5ccccc5c4)c4ccc5c(c4)oc4ccccc45)cc23)cc1. The molecule has 2 aromatic heterocycles. The maximum atomic E-state index is 6.42. The molecule has 220 valence electrons. The monoisotopic (exact) mass is 601 g/mol. The standard InChI is InChI=1S/C44H27NO2/c1-2-11-29(12-3-1)38-27-43-44(37-15-7-9-17-41(37)47-43)36-23-21-32(25-39(36)38)45(31-19-18-28-10-4-5-13-30(28)24-31)33-20-22-35-34-14-6-8-16-40(34)46-42(35)26-33/h1-27H. The van der Waals surface area contributed by atoms with E-state index in [1.165, 1.54) is 21.5 Å². The van der Waals surface area contributed by atoms with Crippen molar-refractivity contribution in [1.82, 2.24) is 0 Å². The molecule has 2 heterocycles. The highest BCUT2D eigenvalue weighted by molar-refractivity contribution is 6.22. The molecule has 3 nitrogen and oxygen atoms in total. The Bertz CT molecular complexity index is 2810. The predicted molar refractivity (Wildman–Crippen MR) is 196 cm³/mol. The number of furan rings is 2. The second-order valence-corrected chi connectivity index (χ2v) is 12.1. The van der Waals surface area contributed by atoms with Crippen LogP contribution in [0.5, 0.6) is 0 Å². The average Bonchev–Trinajstić information content (AvgIpc) is 3.70. The van der Waals surface area contributed by atoms with Crippen molar-refractivity contribution >= 4 is 82.5 Å². The molecule has 0 bridgehead atoms. The Morgan fingerprint density at radius 3 is 1.79 bits per heavy atom. The highest BCUT2D eigenvalue weighted by Crippen LogP contribution is 2.44. The Labute approximate surface area is 270 Å². The number of rotatable bonds is 4. The van der Waals surface area contributed by atoms with Gasteiger partial charge in [0.15, 0.2) is 0 Å². The third-order valence-electron chi connectivity index (χ3n) is 9.42. The van der Waals surface area contributed by atoms with Gasteiger partial charge in [-0.25, -0.2) is 0 Å². The first kappa shape index (κ1) is 26.0. The normalized spacial score (nSPS) is 11.8. The highest BCUT2D eigenvalue weighted by Gasteiger charge is 2.20. The lowest BCUT2D eigenvalue weighted by Crippen LogP contribution is -2.10. The fourth-order valence-corrected chi connectivity index (χ4v) is 7.24. The Morgan fingerprint density at radius 1 is 0.340 bits per heavy atom. The molecule has 0 saturated heterocycles. The van der Waals surface area contributed by atoms with E-state index >= 15 is 0 Å². The third kappa shape index (κ3) is 4.07.